The minimum absolute atomic E-state index is 0.139. The highest BCUT2D eigenvalue weighted by atomic mass is 19.1. The number of piperazine rings is 1. The molecule has 0 aliphatic carbocycles. The van der Waals surface area contributed by atoms with E-state index in [9.17, 15) is 4.39 Å². The van der Waals surface area contributed by atoms with Gasteiger partial charge in [-0.15, -0.1) is 0 Å². The normalized spacial score (nSPS) is 17.9. The maximum atomic E-state index is 14.1. The summed E-state index contributed by atoms with van der Waals surface area (Å²) in [7, 11) is 1.49. The molecule has 2 aliphatic heterocycles. The number of halogens is 1. The van der Waals surface area contributed by atoms with E-state index >= 15 is 0 Å². The van der Waals surface area contributed by atoms with Crippen LogP contribution in [0.25, 0.3) is 0 Å². The molecule has 5 heteroatoms. The minimum Gasteiger partial charge on any atom is -0.494 e. The van der Waals surface area contributed by atoms with E-state index in [0.29, 0.717) is 0 Å². The molecule has 2 aromatic carbocycles. The molecule has 0 saturated carbocycles. The molecular formula is C24H31FN2O2. The molecule has 0 N–H and O–H groups in total. The molecule has 2 aromatic rings. The van der Waals surface area contributed by atoms with Gasteiger partial charge in [0, 0.05) is 55.6 Å². The fourth-order valence-electron chi connectivity index (χ4n) is 4.77. The topological polar surface area (TPSA) is 24.9 Å². The van der Waals surface area contributed by atoms with Crippen LogP contribution >= 0.6 is 0 Å². The SMILES string of the molecule is COc1ccc(N2CCN(c3c(C)c(C)c4c(c3C)CC(C)(C)O4)CC2)cc1F. The Labute approximate surface area is 173 Å². The highest BCUT2D eigenvalue weighted by molar-refractivity contribution is 5.70. The summed E-state index contributed by atoms with van der Waals surface area (Å²) in [6.07, 6.45) is 0.952. The van der Waals surface area contributed by atoms with Crippen LogP contribution in [0.4, 0.5) is 15.8 Å². The standard InChI is InChI=1S/C24H31FN2O2/c1-15-16(2)23-19(14-24(4,5)29-23)17(3)22(15)27-11-9-26(10-12-27)18-7-8-21(28-6)20(25)13-18/h7-8,13H,9-12,14H2,1-6H3. The second-order valence-electron chi connectivity index (χ2n) is 8.86. The lowest BCUT2D eigenvalue weighted by atomic mass is 9.92. The van der Waals surface area contributed by atoms with Crippen molar-refractivity contribution in [2.45, 2.75) is 46.6 Å². The van der Waals surface area contributed by atoms with Crippen molar-refractivity contribution < 1.29 is 13.9 Å². The molecule has 156 valence electrons. The molecule has 0 radical (unpaired) electrons. The van der Waals surface area contributed by atoms with Crippen molar-refractivity contribution in [3.8, 4) is 11.5 Å². The van der Waals surface area contributed by atoms with Gasteiger partial charge in [-0.05, 0) is 63.4 Å². The maximum Gasteiger partial charge on any atom is 0.167 e. The van der Waals surface area contributed by atoms with Crippen LogP contribution in [-0.2, 0) is 6.42 Å². The van der Waals surface area contributed by atoms with Gasteiger partial charge in [0.1, 0.15) is 11.4 Å². The highest BCUT2D eigenvalue weighted by Crippen LogP contribution is 2.45. The van der Waals surface area contributed by atoms with Crippen molar-refractivity contribution in [3.05, 3.63) is 46.3 Å². The first-order chi connectivity index (χ1) is 13.7. The van der Waals surface area contributed by atoms with Crippen LogP contribution in [0.3, 0.4) is 0 Å². The summed E-state index contributed by atoms with van der Waals surface area (Å²) in [6.45, 7) is 14.5. The first-order valence-corrected chi connectivity index (χ1v) is 10.4. The van der Waals surface area contributed by atoms with Crippen molar-refractivity contribution in [3.63, 3.8) is 0 Å². The Morgan fingerprint density at radius 2 is 1.62 bits per heavy atom. The van der Waals surface area contributed by atoms with Gasteiger partial charge in [0.05, 0.1) is 7.11 Å². The second kappa shape index (κ2) is 7.12. The molecule has 0 atom stereocenters. The minimum atomic E-state index is -0.309. The largest absolute Gasteiger partial charge is 0.494 e. The maximum absolute atomic E-state index is 14.1. The van der Waals surface area contributed by atoms with Crippen LogP contribution in [0, 0.1) is 26.6 Å². The van der Waals surface area contributed by atoms with Crippen molar-refractivity contribution in [2.24, 2.45) is 0 Å². The van der Waals surface area contributed by atoms with Gasteiger partial charge in [0.15, 0.2) is 11.6 Å². The van der Waals surface area contributed by atoms with E-state index in [1.165, 1.54) is 35.1 Å². The van der Waals surface area contributed by atoms with Crippen LogP contribution in [0.15, 0.2) is 18.2 Å². The third kappa shape index (κ3) is 3.41. The molecule has 0 spiro atoms. The molecule has 1 fully saturated rings. The van der Waals surface area contributed by atoms with Gasteiger partial charge in [0.25, 0.3) is 0 Å². The van der Waals surface area contributed by atoms with Crippen molar-refractivity contribution in [1.29, 1.82) is 0 Å². The molecule has 2 heterocycles. The summed E-state index contributed by atoms with van der Waals surface area (Å²) < 4.78 is 25.4. The average molecular weight is 399 g/mol. The Balaban J connectivity index is 1.57. The highest BCUT2D eigenvalue weighted by Gasteiger charge is 2.35. The van der Waals surface area contributed by atoms with Crippen molar-refractivity contribution >= 4 is 11.4 Å². The number of anilines is 2. The van der Waals surface area contributed by atoms with Gasteiger partial charge in [0.2, 0.25) is 0 Å². The molecule has 0 bridgehead atoms. The number of methoxy groups -OCH3 is 1. The van der Waals surface area contributed by atoms with Crippen LogP contribution in [-0.4, -0.2) is 38.9 Å². The summed E-state index contributed by atoms with van der Waals surface area (Å²) >= 11 is 0. The molecule has 29 heavy (non-hydrogen) atoms. The summed E-state index contributed by atoms with van der Waals surface area (Å²) in [6, 6.07) is 5.22. The number of fused-ring (bicyclic) bond motifs is 1. The molecule has 2 aliphatic rings. The fraction of sp³-hybridized carbons (Fsp3) is 0.500. The number of nitrogens with zero attached hydrogens (tertiary/aromatic N) is 2. The lowest BCUT2D eigenvalue weighted by Gasteiger charge is -2.39. The van der Waals surface area contributed by atoms with E-state index < -0.39 is 0 Å². The molecule has 4 rings (SSSR count). The third-order valence-corrected chi connectivity index (χ3v) is 6.42. The monoisotopic (exact) mass is 398 g/mol. The third-order valence-electron chi connectivity index (χ3n) is 6.42. The molecule has 1 saturated heterocycles. The average Bonchev–Trinajstić information content (AvgIpc) is 3.03. The van der Waals surface area contributed by atoms with Crippen LogP contribution in [0.5, 0.6) is 11.5 Å². The Bertz CT molecular complexity index is 947. The summed E-state index contributed by atoms with van der Waals surface area (Å²) in [4.78, 5) is 4.73. The Kier molecular flexibility index (Phi) is 4.88. The number of rotatable bonds is 3. The van der Waals surface area contributed by atoms with E-state index in [2.05, 4.69) is 44.4 Å². The van der Waals surface area contributed by atoms with Gasteiger partial charge >= 0.3 is 0 Å². The van der Waals surface area contributed by atoms with Crippen molar-refractivity contribution in [2.75, 3.05) is 43.1 Å². The Morgan fingerprint density at radius 3 is 2.24 bits per heavy atom. The number of hydrogen-bond acceptors (Lipinski definition) is 4. The second-order valence-corrected chi connectivity index (χ2v) is 8.86. The molecule has 0 unspecified atom stereocenters. The smallest absolute Gasteiger partial charge is 0.167 e. The number of ether oxygens (including phenoxy) is 2. The van der Waals surface area contributed by atoms with Crippen molar-refractivity contribution in [1.82, 2.24) is 0 Å². The molecular weight excluding hydrogens is 367 g/mol. The van der Waals surface area contributed by atoms with Crippen LogP contribution in [0.1, 0.15) is 36.1 Å². The predicted octanol–water partition coefficient (Wildman–Crippen LogP) is 4.80. The van der Waals surface area contributed by atoms with E-state index in [1.807, 2.05) is 6.07 Å². The van der Waals surface area contributed by atoms with Gasteiger partial charge < -0.3 is 19.3 Å². The predicted molar refractivity (Wildman–Crippen MR) is 116 cm³/mol. The fourth-order valence-corrected chi connectivity index (χ4v) is 4.77. The van der Waals surface area contributed by atoms with E-state index in [0.717, 1.165) is 44.0 Å². The van der Waals surface area contributed by atoms with Crippen LogP contribution < -0.4 is 19.3 Å². The first-order valence-electron chi connectivity index (χ1n) is 10.4. The lowest BCUT2D eigenvalue weighted by molar-refractivity contribution is 0.137. The quantitative estimate of drug-likeness (QED) is 0.742. The van der Waals surface area contributed by atoms with Gasteiger partial charge in [-0.3, -0.25) is 0 Å². The van der Waals surface area contributed by atoms with Gasteiger partial charge in [-0.2, -0.15) is 0 Å². The van der Waals surface area contributed by atoms with E-state index in [-0.39, 0.29) is 17.2 Å². The zero-order valence-electron chi connectivity index (χ0n) is 18.4. The Hall–Kier alpha value is -2.43. The summed E-state index contributed by atoms with van der Waals surface area (Å²) in [5, 5.41) is 0. The molecule has 0 amide bonds. The number of benzene rings is 2. The summed E-state index contributed by atoms with van der Waals surface area (Å²) in [5.74, 6) is 1.06. The van der Waals surface area contributed by atoms with Crippen LogP contribution in [0.2, 0.25) is 0 Å². The zero-order valence-corrected chi connectivity index (χ0v) is 18.4. The van der Waals surface area contributed by atoms with E-state index in [4.69, 9.17) is 9.47 Å². The van der Waals surface area contributed by atoms with E-state index in [1.54, 1.807) is 12.1 Å². The first kappa shape index (κ1) is 19.9. The van der Waals surface area contributed by atoms with Gasteiger partial charge in [-0.1, -0.05) is 0 Å². The Morgan fingerprint density at radius 1 is 0.966 bits per heavy atom. The molecule has 0 aromatic heterocycles. The molecule has 4 nitrogen and oxygen atoms in total. The number of hydrogen-bond donors (Lipinski definition) is 0. The lowest BCUT2D eigenvalue weighted by Crippen LogP contribution is -2.47. The summed E-state index contributed by atoms with van der Waals surface area (Å²) in [5.41, 5.74) is 7.39. The zero-order chi connectivity index (χ0) is 20.9. The van der Waals surface area contributed by atoms with Gasteiger partial charge in [-0.25, -0.2) is 4.39 Å².